The monoisotopic (exact) mass is 1940 g/mol. The smallest absolute Gasteiger partial charge is 0.396 e. The zero-order valence-electron chi connectivity index (χ0n) is 61.8. The van der Waals surface area contributed by atoms with Crippen LogP contribution >= 0.6 is 0 Å². The van der Waals surface area contributed by atoms with Crippen molar-refractivity contribution in [3.8, 4) is 0 Å². The van der Waals surface area contributed by atoms with Crippen LogP contribution < -0.4 is 14.3 Å². The molecule has 690 valence electrons. The molecule has 0 aliphatic heterocycles. The summed E-state index contributed by atoms with van der Waals surface area (Å²) in [6, 6.07) is 2.50. The minimum absolute atomic E-state index is 0.00700. The Morgan fingerprint density at radius 1 is 0.150 bits per heavy atom. The molecule has 0 saturated heterocycles. The number of hydrogen-bond donors (Lipinski definition) is 0. The molecule has 0 atom stereocenters. The molecular formula is C81H15BF45N3O3. The summed E-state index contributed by atoms with van der Waals surface area (Å²) in [5.74, 6) is -169. The molecule has 15 rings (SSSR count). The highest BCUT2D eigenvalue weighted by Crippen LogP contribution is 2.60. The van der Waals surface area contributed by atoms with Crippen LogP contribution in [0.2, 0.25) is 0 Å². The number of nitrogens with zero attached hydrogens (tertiary/aromatic N) is 3. The molecule has 0 unspecified atom stereocenters. The summed E-state index contributed by atoms with van der Waals surface area (Å²) in [6.07, 6.45) is -2.30. The number of halogens is 45. The largest absolute Gasteiger partial charge is 0.926 e. The Morgan fingerprint density at radius 3 is 0.376 bits per heavy atom. The van der Waals surface area contributed by atoms with Crippen molar-refractivity contribution >= 4 is 40.0 Å². The first kappa shape index (κ1) is 93.3. The van der Waals surface area contributed by atoms with Gasteiger partial charge in [0.05, 0.1) is 32.8 Å². The van der Waals surface area contributed by atoms with Crippen LogP contribution in [0.15, 0.2) is 91.4 Å². The highest BCUT2D eigenvalue weighted by Gasteiger charge is 2.62. The summed E-state index contributed by atoms with van der Waals surface area (Å²) < 4.78 is 760. The van der Waals surface area contributed by atoms with Crippen molar-refractivity contribution in [2.45, 2.75) is 16.2 Å². The standard InChI is InChI=1S/C81H15BF45N3O3/c83-34-25(35(84)53(102)70(119)52(34)101)79(26-36(85)54(103)71(120)55(104)37(26)86,27-38(87)56(105)72(121)57(106)39(27)88)19-13-128(22-10-4-1-7-16(19)22)131-82(132-129-14-20(17-8-2-5-11-23(17)129)80(28-40(89)58(107)73(122)59(108)41(28)90,29-42(91)60(109)74(123)61(110)43(29)92)30-44(93)62(111)75(124)63(112)45(30)94)133-130-15-21(18-9-3-6-12-24(18)130)81(31-46(95)64(113)76(125)65(114)47(31)96,32-48(97)66(115)77(126)67(116)49(32)98)33-50(99)68(117)78(127)69(118)51(33)100/h1-15H. The lowest BCUT2D eigenvalue weighted by Gasteiger charge is -2.37. The molecule has 52 heteroatoms. The molecule has 3 heterocycles. The zero-order valence-corrected chi connectivity index (χ0v) is 61.8. The Bertz CT molecular complexity index is 6210. The van der Waals surface area contributed by atoms with Crippen molar-refractivity contribution in [1.29, 1.82) is 0 Å². The summed E-state index contributed by atoms with van der Waals surface area (Å²) in [7, 11) is -4.44. The van der Waals surface area contributed by atoms with E-state index in [2.05, 4.69) is 0 Å². The lowest BCUT2D eigenvalue weighted by molar-refractivity contribution is 0.0788. The first-order valence-electron chi connectivity index (χ1n) is 34.8. The van der Waals surface area contributed by atoms with E-state index < -0.39 is 418 Å². The van der Waals surface area contributed by atoms with Crippen molar-refractivity contribution in [2.75, 3.05) is 0 Å². The van der Waals surface area contributed by atoms with Gasteiger partial charge in [0.2, 0.25) is 52.4 Å². The van der Waals surface area contributed by atoms with Gasteiger partial charge in [-0.25, -0.2) is 212 Å². The first-order valence-corrected chi connectivity index (χ1v) is 34.8. The van der Waals surface area contributed by atoms with Gasteiger partial charge in [-0.05, 0) is 18.2 Å². The van der Waals surface area contributed by atoms with E-state index in [0.717, 1.165) is 0 Å². The number of benzene rings is 12. The Hall–Kier alpha value is -14.4. The number of rotatable bonds is 18. The fraction of sp³-hybridized carbons (Fsp3) is 0.0370. The lowest BCUT2D eigenvalue weighted by Crippen LogP contribution is -2.48. The van der Waals surface area contributed by atoms with Gasteiger partial charge in [0.25, 0.3) is 0 Å². The second kappa shape index (κ2) is 32.3. The van der Waals surface area contributed by atoms with Gasteiger partial charge in [-0.15, -0.1) is 0 Å². The number of para-hydroxylation sites is 3. The number of hydrogen-bond acceptors (Lipinski definition) is 3. The molecule has 6 nitrogen and oxygen atoms in total. The normalized spacial score (nSPS) is 12.2. The summed E-state index contributed by atoms with van der Waals surface area (Å²) in [4.78, 5) is 0. The van der Waals surface area contributed by atoms with Gasteiger partial charge < -0.3 is 14.3 Å². The average molecular weight is 1940 g/mol. The molecule has 0 saturated carbocycles. The molecule has 0 aliphatic carbocycles. The highest BCUT2D eigenvalue weighted by molar-refractivity contribution is 6.37. The average Bonchev–Trinajstić information content (AvgIpc) is 1.68. The molecule has 0 radical (unpaired) electrons. The van der Waals surface area contributed by atoms with Crippen molar-refractivity contribution in [2.24, 2.45) is 0 Å². The first-order chi connectivity index (χ1) is 62.3. The predicted molar refractivity (Wildman–Crippen MR) is 354 cm³/mol. The quantitative estimate of drug-likeness (QED) is 0.0283. The van der Waals surface area contributed by atoms with Crippen LogP contribution in [-0.4, -0.2) is 21.5 Å². The van der Waals surface area contributed by atoms with Crippen LogP contribution in [-0.2, 0) is 16.2 Å². The van der Waals surface area contributed by atoms with Crippen LogP contribution in [0.25, 0.3) is 32.7 Å². The molecule has 0 spiro atoms. The molecule has 0 aliphatic rings. The van der Waals surface area contributed by atoms with Gasteiger partial charge in [-0.2, -0.15) is 0 Å². The minimum Gasteiger partial charge on any atom is -0.396 e. The summed E-state index contributed by atoms with van der Waals surface area (Å²) in [5, 5.41) is -5.76. The van der Waals surface area contributed by atoms with Crippen LogP contribution in [0, 0.1) is 262 Å². The van der Waals surface area contributed by atoms with E-state index >= 15 is 198 Å². The molecular weight excluding hydrogens is 1930 g/mol. The molecule has 0 fully saturated rings. The predicted octanol–water partition coefficient (Wildman–Crippen LogP) is 23.6. The number of aromatic nitrogens is 3. The second-order valence-corrected chi connectivity index (χ2v) is 27.5. The van der Waals surface area contributed by atoms with Crippen LogP contribution in [0.5, 0.6) is 0 Å². The highest BCUT2D eigenvalue weighted by atomic mass is 19.2. The van der Waals surface area contributed by atoms with Gasteiger partial charge in [0.15, 0.2) is 209 Å². The van der Waals surface area contributed by atoms with E-state index in [1.807, 2.05) is 0 Å². The fourth-order valence-electron chi connectivity index (χ4n) is 15.7. The Morgan fingerprint density at radius 2 is 0.256 bits per heavy atom. The Balaban J connectivity index is 1.16. The maximum Gasteiger partial charge on any atom is 0.926 e. The van der Waals surface area contributed by atoms with Crippen LogP contribution in [0.3, 0.4) is 0 Å². The van der Waals surface area contributed by atoms with E-state index in [-0.39, 0.29) is 36.4 Å². The van der Waals surface area contributed by atoms with E-state index in [4.69, 9.17) is 14.3 Å². The Kier molecular flexibility index (Phi) is 22.6. The van der Waals surface area contributed by atoms with E-state index in [1.165, 1.54) is 0 Å². The van der Waals surface area contributed by atoms with Crippen LogP contribution in [0.4, 0.5) is 198 Å². The SMILES string of the molecule is Fc1c(F)c(F)c(C(c2c(F)c(F)c(F)c(F)c2F)(c2c(F)c(F)c(F)c(F)c2F)c2cn(OB(On3cc(C(c4c(F)c(F)c(F)c(F)c4F)(c4c(F)c(F)c(F)c(F)c4F)c4c(F)c(F)c(F)c(F)c4F)c4ccccc43)On3cc(C(c4c(F)c(F)c(F)c(F)c4F)(c4c(F)c(F)c(F)c(F)c4F)c4c(F)c(F)c(F)c(F)c4F)c4ccccc43)c3ccccc23)c(F)c1F. The molecule has 0 amide bonds. The van der Waals surface area contributed by atoms with Crippen LogP contribution in [0.1, 0.15) is 66.8 Å². The lowest BCUT2D eigenvalue weighted by atomic mass is 9.63. The molecule has 15 aromatic rings. The molecule has 0 N–H and O–H groups in total. The molecule has 12 aromatic carbocycles. The number of fused-ring (bicyclic) bond motifs is 3. The molecule has 3 aromatic heterocycles. The maximum atomic E-state index is 17.4. The second-order valence-electron chi connectivity index (χ2n) is 27.5. The van der Waals surface area contributed by atoms with Gasteiger partial charge in [-0.1, -0.05) is 54.6 Å². The third-order valence-electron chi connectivity index (χ3n) is 21.1. The van der Waals surface area contributed by atoms with Gasteiger partial charge in [0.1, 0.15) is 0 Å². The van der Waals surface area contributed by atoms with Gasteiger partial charge in [-0.3, -0.25) is 0 Å². The summed E-state index contributed by atoms with van der Waals surface area (Å²) in [6.45, 7) is 0. The van der Waals surface area contributed by atoms with E-state index in [9.17, 15) is 0 Å². The summed E-state index contributed by atoms with van der Waals surface area (Å²) in [5.41, 5.74) is -63.9. The minimum atomic E-state index is -6.01. The maximum absolute atomic E-state index is 17.4. The van der Waals surface area contributed by atoms with Crippen molar-refractivity contribution in [3.63, 3.8) is 0 Å². The molecule has 0 bridgehead atoms. The van der Waals surface area contributed by atoms with Gasteiger partial charge >= 0.3 is 7.32 Å². The zero-order chi connectivity index (χ0) is 97.9. The Labute approximate surface area is 700 Å². The summed E-state index contributed by atoms with van der Waals surface area (Å²) >= 11 is 0. The topological polar surface area (TPSA) is 42.5 Å². The van der Waals surface area contributed by atoms with E-state index in [1.54, 1.807) is 0 Å². The molecule has 133 heavy (non-hydrogen) atoms. The third-order valence-corrected chi connectivity index (χ3v) is 21.1. The van der Waals surface area contributed by atoms with Crippen molar-refractivity contribution in [1.82, 2.24) is 14.2 Å². The fourth-order valence-corrected chi connectivity index (χ4v) is 15.7. The van der Waals surface area contributed by atoms with Gasteiger partial charge in [0, 0.05) is 102 Å². The third kappa shape index (κ3) is 12.5. The van der Waals surface area contributed by atoms with E-state index in [0.29, 0.717) is 36.4 Å². The van der Waals surface area contributed by atoms with Crippen molar-refractivity contribution in [3.05, 3.63) is 420 Å². The van der Waals surface area contributed by atoms with Crippen molar-refractivity contribution < 1.29 is 212 Å².